The van der Waals surface area contributed by atoms with Gasteiger partial charge >= 0.3 is 5.97 Å². The quantitative estimate of drug-likeness (QED) is 0.447. The molecule has 1 aromatic rings. The monoisotopic (exact) mass is 209 g/mol. The summed E-state index contributed by atoms with van der Waals surface area (Å²) >= 11 is 0. The fraction of sp³-hybridized carbons (Fsp3) is 0.364. The van der Waals surface area contributed by atoms with Gasteiger partial charge in [0.2, 0.25) is 0 Å². The Bertz CT molecular complexity index is 350. The molecule has 15 heavy (non-hydrogen) atoms. The van der Waals surface area contributed by atoms with Crippen LogP contribution < -0.4 is 5.73 Å². The molecule has 1 aromatic carbocycles. The van der Waals surface area contributed by atoms with Gasteiger partial charge in [-0.15, -0.1) is 0 Å². The average Bonchev–Trinajstić information content (AvgIpc) is 2.24. The van der Waals surface area contributed by atoms with Gasteiger partial charge in [-0.25, -0.2) is 0 Å². The second-order valence-electron chi connectivity index (χ2n) is 3.28. The van der Waals surface area contributed by atoms with Crippen molar-refractivity contribution in [3.63, 3.8) is 0 Å². The lowest BCUT2D eigenvalue weighted by Crippen LogP contribution is -2.01. The number of anilines is 1. The zero-order valence-corrected chi connectivity index (χ0v) is 8.69. The Morgan fingerprint density at radius 1 is 1.53 bits per heavy atom. The maximum atomic E-state index is 10.9. The predicted octanol–water partition coefficient (Wildman–Crippen LogP) is 1.47. The number of hydrogen-bond acceptors (Lipinski definition) is 4. The number of carbonyl (C=O) groups excluding carboxylic acids is 1. The van der Waals surface area contributed by atoms with Crippen LogP contribution in [0.3, 0.4) is 0 Å². The highest BCUT2D eigenvalue weighted by Gasteiger charge is 2.05. The lowest BCUT2D eigenvalue weighted by atomic mass is 10.1. The summed E-state index contributed by atoms with van der Waals surface area (Å²) in [5, 5.41) is 9.34. The molecule has 0 aromatic heterocycles. The predicted molar refractivity (Wildman–Crippen MR) is 57.5 cm³/mol. The summed E-state index contributed by atoms with van der Waals surface area (Å²) in [6.07, 6.45) is 1.70. The highest BCUT2D eigenvalue weighted by atomic mass is 16.5. The highest BCUT2D eigenvalue weighted by Crippen LogP contribution is 2.24. The molecule has 0 radical (unpaired) electrons. The molecule has 0 aliphatic heterocycles. The van der Waals surface area contributed by atoms with E-state index in [0.717, 1.165) is 5.56 Å². The van der Waals surface area contributed by atoms with Gasteiger partial charge in [0, 0.05) is 6.42 Å². The average molecular weight is 209 g/mol. The number of rotatable bonds is 4. The van der Waals surface area contributed by atoms with Crippen LogP contribution in [0.15, 0.2) is 18.2 Å². The second kappa shape index (κ2) is 5.24. The normalized spacial score (nSPS) is 9.93. The van der Waals surface area contributed by atoms with Gasteiger partial charge in [-0.1, -0.05) is 12.1 Å². The number of nitrogen functional groups attached to an aromatic ring is 1. The van der Waals surface area contributed by atoms with Crippen molar-refractivity contribution < 1.29 is 14.6 Å². The number of para-hydroxylation sites is 1. The molecule has 0 aliphatic carbocycles. The first-order valence-electron chi connectivity index (χ1n) is 4.78. The minimum Gasteiger partial charge on any atom is -0.506 e. The number of ether oxygens (including phenoxy) is 1. The maximum absolute atomic E-state index is 10.9. The summed E-state index contributed by atoms with van der Waals surface area (Å²) in [6, 6.07) is 5.12. The van der Waals surface area contributed by atoms with Crippen molar-refractivity contribution in [3.05, 3.63) is 23.8 Å². The molecule has 1 rings (SSSR count). The lowest BCUT2D eigenvalue weighted by molar-refractivity contribution is -0.140. The number of carbonyl (C=O) groups is 1. The second-order valence-corrected chi connectivity index (χ2v) is 3.28. The molecule has 0 amide bonds. The summed E-state index contributed by atoms with van der Waals surface area (Å²) in [7, 11) is 1.37. The summed E-state index contributed by atoms with van der Waals surface area (Å²) in [5.74, 6) is -0.140. The summed E-state index contributed by atoms with van der Waals surface area (Å²) in [4.78, 5) is 10.9. The van der Waals surface area contributed by atoms with Crippen molar-refractivity contribution in [2.24, 2.45) is 0 Å². The van der Waals surface area contributed by atoms with Crippen LogP contribution in [-0.2, 0) is 16.0 Å². The van der Waals surface area contributed by atoms with Crippen molar-refractivity contribution in [1.29, 1.82) is 0 Å². The number of nitrogens with two attached hydrogens (primary N) is 1. The molecule has 0 saturated carbocycles. The molecular formula is C11H15NO3. The van der Waals surface area contributed by atoms with E-state index in [-0.39, 0.29) is 11.7 Å². The lowest BCUT2D eigenvalue weighted by Gasteiger charge is -2.06. The fourth-order valence-electron chi connectivity index (χ4n) is 1.34. The topological polar surface area (TPSA) is 72.5 Å². The third kappa shape index (κ3) is 3.16. The Morgan fingerprint density at radius 3 is 2.93 bits per heavy atom. The van der Waals surface area contributed by atoms with E-state index in [4.69, 9.17) is 5.73 Å². The van der Waals surface area contributed by atoms with Gasteiger partial charge in [0.1, 0.15) is 5.75 Å². The van der Waals surface area contributed by atoms with Crippen LogP contribution in [-0.4, -0.2) is 18.2 Å². The van der Waals surface area contributed by atoms with Crippen LogP contribution >= 0.6 is 0 Å². The summed E-state index contributed by atoms with van der Waals surface area (Å²) in [5.41, 5.74) is 6.92. The van der Waals surface area contributed by atoms with Gasteiger partial charge in [0.25, 0.3) is 0 Å². The number of benzene rings is 1. The Morgan fingerprint density at radius 2 is 2.27 bits per heavy atom. The molecule has 0 fully saturated rings. The molecule has 0 atom stereocenters. The van der Waals surface area contributed by atoms with Crippen LogP contribution in [0.2, 0.25) is 0 Å². The Balaban J connectivity index is 2.51. The molecule has 4 heteroatoms. The van der Waals surface area contributed by atoms with E-state index in [1.807, 2.05) is 6.07 Å². The maximum Gasteiger partial charge on any atom is 0.305 e. The Labute approximate surface area is 88.7 Å². The minimum atomic E-state index is -0.228. The van der Waals surface area contributed by atoms with E-state index in [0.29, 0.717) is 24.9 Å². The van der Waals surface area contributed by atoms with Crippen LogP contribution in [0.25, 0.3) is 0 Å². The summed E-state index contributed by atoms with van der Waals surface area (Å²) < 4.78 is 4.52. The largest absolute Gasteiger partial charge is 0.506 e. The molecule has 82 valence electrons. The van der Waals surface area contributed by atoms with Crippen molar-refractivity contribution in [3.8, 4) is 5.75 Å². The van der Waals surface area contributed by atoms with Gasteiger partial charge in [-0.2, -0.15) is 0 Å². The zero-order valence-electron chi connectivity index (χ0n) is 8.69. The van der Waals surface area contributed by atoms with E-state index in [2.05, 4.69) is 4.74 Å². The smallest absolute Gasteiger partial charge is 0.305 e. The molecule has 0 heterocycles. The van der Waals surface area contributed by atoms with E-state index >= 15 is 0 Å². The number of hydrogen-bond donors (Lipinski definition) is 2. The van der Waals surface area contributed by atoms with Crippen molar-refractivity contribution >= 4 is 11.7 Å². The molecule has 0 aliphatic rings. The van der Waals surface area contributed by atoms with Gasteiger partial charge in [0.15, 0.2) is 0 Å². The van der Waals surface area contributed by atoms with E-state index < -0.39 is 0 Å². The van der Waals surface area contributed by atoms with Gasteiger partial charge in [-0.05, 0) is 24.5 Å². The van der Waals surface area contributed by atoms with Gasteiger partial charge in [0.05, 0.1) is 12.8 Å². The Kier molecular flexibility index (Phi) is 3.97. The summed E-state index contributed by atoms with van der Waals surface area (Å²) in [6.45, 7) is 0. The first-order chi connectivity index (χ1) is 7.15. The van der Waals surface area contributed by atoms with Crippen molar-refractivity contribution in [2.75, 3.05) is 12.8 Å². The SMILES string of the molecule is COC(=O)CCCc1cccc(O)c1N. The van der Waals surface area contributed by atoms with E-state index in [1.54, 1.807) is 12.1 Å². The molecule has 0 unspecified atom stereocenters. The number of methoxy groups -OCH3 is 1. The molecule has 3 N–H and O–H groups in total. The fourth-order valence-corrected chi connectivity index (χ4v) is 1.34. The molecule has 4 nitrogen and oxygen atoms in total. The van der Waals surface area contributed by atoms with E-state index in [1.165, 1.54) is 7.11 Å². The third-order valence-electron chi connectivity index (χ3n) is 2.23. The third-order valence-corrected chi connectivity index (χ3v) is 2.23. The van der Waals surface area contributed by atoms with Crippen LogP contribution in [0.5, 0.6) is 5.75 Å². The van der Waals surface area contributed by atoms with Crippen LogP contribution in [0.1, 0.15) is 18.4 Å². The number of phenolic OH excluding ortho intramolecular Hbond substituents is 1. The first-order valence-corrected chi connectivity index (χ1v) is 4.78. The molecule has 0 spiro atoms. The van der Waals surface area contributed by atoms with Crippen LogP contribution in [0, 0.1) is 0 Å². The first kappa shape index (κ1) is 11.4. The zero-order chi connectivity index (χ0) is 11.3. The molecule has 0 bridgehead atoms. The van der Waals surface area contributed by atoms with Gasteiger partial charge < -0.3 is 15.6 Å². The minimum absolute atomic E-state index is 0.0885. The van der Waals surface area contributed by atoms with Gasteiger partial charge in [-0.3, -0.25) is 4.79 Å². The number of aromatic hydroxyl groups is 1. The number of aryl methyl sites for hydroxylation is 1. The van der Waals surface area contributed by atoms with Crippen molar-refractivity contribution in [2.45, 2.75) is 19.3 Å². The van der Waals surface area contributed by atoms with Crippen LogP contribution in [0.4, 0.5) is 5.69 Å². The highest BCUT2D eigenvalue weighted by molar-refractivity contribution is 5.69. The number of esters is 1. The molecule has 0 saturated heterocycles. The molecular weight excluding hydrogens is 194 g/mol. The van der Waals surface area contributed by atoms with E-state index in [9.17, 15) is 9.90 Å². The standard InChI is InChI=1S/C11H15NO3/c1-15-10(14)7-3-5-8-4-2-6-9(13)11(8)12/h2,4,6,13H,3,5,7,12H2,1H3. The Hall–Kier alpha value is -1.71. The van der Waals surface area contributed by atoms with Crippen molar-refractivity contribution in [1.82, 2.24) is 0 Å². The number of phenols is 1.